The lowest BCUT2D eigenvalue weighted by Gasteiger charge is -2.32. The largest absolute Gasteiger partial charge is 0.309 e. The zero-order valence-electron chi connectivity index (χ0n) is 20.0. The summed E-state index contributed by atoms with van der Waals surface area (Å²) >= 11 is 0. The molecule has 0 fully saturated rings. The molecule has 0 spiro atoms. The van der Waals surface area contributed by atoms with Gasteiger partial charge in [-0.2, -0.15) is 0 Å². The highest BCUT2D eigenvalue weighted by Crippen LogP contribution is 2.51. The van der Waals surface area contributed by atoms with Crippen molar-refractivity contribution >= 4 is 17.1 Å². The Bertz CT molecular complexity index is 1250. The average Bonchev–Trinajstić information content (AvgIpc) is 2.99. The SMILES string of the molecule is Cc1cccc(C)c1N(c1ccc2c(c1)C(C)(C)c1ccccc1-2)c1c(C)cccc1C. The fourth-order valence-corrected chi connectivity index (χ4v) is 5.52. The third-order valence-electron chi connectivity index (χ3n) is 7.15. The summed E-state index contributed by atoms with van der Waals surface area (Å²) in [6.07, 6.45) is 0. The van der Waals surface area contributed by atoms with Crippen LogP contribution in [0.2, 0.25) is 0 Å². The van der Waals surface area contributed by atoms with Crippen LogP contribution in [-0.4, -0.2) is 0 Å². The fourth-order valence-electron chi connectivity index (χ4n) is 5.52. The van der Waals surface area contributed by atoms with Crippen molar-refractivity contribution in [2.75, 3.05) is 4.90 Å². The van der Waals surface area contributed by atoms with E-state index in [-0.39, 0.29) is 5.41 Å². The number of fused-ring (bicyclic) bond motifs is 3. The summed E-state index contributed by atoms with van der Waals surface area (Å²) in [6.45, 7) is 13.6. The molecule has 0 saturated carbocycles. The van der Waals surface area contributed by atoms with Crippen LogP contribution in [0.4, 0.5) is 17.1 Å². The highest BCUT2D eigenvalue weighted by Gasteiger charge is 2.36. The Hall–Kier alpha value is -3.32. The third-order valence-corrected chi connectivity index (χ3v) is 7.15. The Kier molecular flexibility index (Phi) is 4.74. The molecule has 0 saturated heterocycles. The van der Waals surface area contributed by atoms with E-state index in [1.54, 1.807) is 0 Å². The van der Waals surface area contributed by atoms with E-state index in [1.165, 1.54) is 61.6 Å². The van der Waals surface area contributed by atoms with Gasteiger partial charge in [0.05, 0.1) is 11.4 Å². The Morgan fingerprint density at radius 1 is 0.531 bits per heavy atom. The number of benzene rings is 4. The van der Waals surface area contributed by atoms with Gasteiger partial charge >= 0.3 is 0 Å². The van der Waals surface area contributed by atoms with Gasteiger partial charge in [-0.1, -0.05) is 80.6 Å². The second-order valence-corrected chi connectivity index (χ2v) is 9.72. The average molecular weight is 418 g/mol. The monoisotopic (exact) mass is 417 g/mol. The Morgan fingerprint density at radius 2 is 1.03 bits per heavy atom. The van der Waals surface area contributed by atoms with Crippen LogP contribution in [0.15, 0.2) is 78.9 Å². The van der Waals surface area contributed by atoms with E-state index in [1.807, 2.05) is 0 Å². The van der Waals surface area contributed by atoms with Crippen LogP contribution in [0.5, 0.6) is 0 Å². The van der Waals surface area contributed by atoms with Crippen LogP contribution < -0.4 is 4.90 Å². The summed E-state index contributed by atoms with van der Waals surface area (Å²) in [5.41, 5.74) is 14.4. The summed E-state index contributed by atoms with van der Waals surface area (Å²) < 4.78 is 0. The molecule has 4 aromatic rings. The maximum atomic E-state index is 2.48. The lowest BCUT2D eigenvalue weighted by atomic mass is 9.82. The summed E-state index contributed by atoms with van der Waals surface area (Å²) in [5.74, 6) is 0. The molecule has 1 nitrogen and oxygen atoms in total. The zero-order chi connectivity index (χ0) is 22.6. The van der Waals surface area contributed by atoms with Gasteiger partial charge in [-0.05, 0) is 84.3 Å². The molecule has 32 heavy (non-hydrogen) atoms. The van der Waals surface area contributed by atoms with Gasteiger partial charge in [-0.15, -0.1) is 0 Å². The maximum absolute atomic E-state index is 2.48. The first-order chi connectivity index (χ1) is 15.3. The van der Waals surface area contributed by atoms with E-state index in [4.69, 9.17) is 0 Å². The second-order valence-electron chi connectivity index (χ2n) is 9.72. The van der Waals surface area contributed by atoms with Crippen molar-refractivity contribution in [3.8, 4) is 11.1 Å². The molecule has 0 bridgehead atoms. The molecule has 160 valence electrons. The molecule has 5 rings (SSSR count). The molecule has 0 amide bonds. The van der Waals surface area contributed by atoms with Gasteiger partial charge in [0.2, 0.25) is 0 Å². The molecule has 1 aliphatic carbocycles. The minimum absolute atomic E-state index is 0.0187. The van der Waals surface area contributed by atoms with Gasteiger partial charge in [0.15, 0.2) is 0 Å². The van der Waals surface area contributed by atoms with Gasteiger partial charge in [0.1, 0.15) is 0 Å². The highest BCUT2D eigenvalue weighted by atomic mass is 15.2. The number of aryl methyl sites for hydroxylation is 4. The normalized spacial score (nSPS) is 13.6. The van der Waals surface area contributed by atoms with Crippen molar-refractivity contribution in [1.29, 1.82) is 0 Å². The number of hydrogen-bond acceptors (Lipinski definition) is 1. The van der Waals surface area contributed by atoms with Crippen LogP contribution in [0.3, 0.4) is 0 Å². The third kappa shape index (κ3) is 2.99. The predicted molar refractivity (Wildman–Crippen MR) is 138 cm³/mol. The molecule has 1 heteroatoms. The number of anilines is 3. The van der Waals surface area contributed by atoms with Crippen molar-refractivity contribution in [2.45, 2.75) is 47.0 Å². The summed E-state index contributed by atoms with van der Waals surface area (Å²) in [7, 11) is 0. The molecule has 0 heterocycles. The van der Waals surface area contributed by atoms with Crippen LogP contribution in [0.25, 0.3) is 11.1 Å². The minimum Gasteiger partial charge on any atom is -0.309 e. The highest BCUT2D eigenvalue weighted by molar-refractivity contribution is 5.88. The van der Waals surface area contributed by atoms with E-state index in [9.17, 15) is 0 Å². The first-order valence-electron chi connectivity index (χ1n) is 11.5. The number of nitrogens with zero attached hydrogens (tertiary/aromatic N) is 1. The quantitative estimate of drug-likeness (QED) is 0.322. The van der Waals surface area contributed by atoms with Crippen LogP contribution in [0.1, 0.15) is 47.2 Å². The molecule has 0 aromatic heterocycles. The minimum atomic E-state index is -0.0187. The van der Waals surface area contributed by atoms with E-state index >= 15 is 0 Å². The molecule has 0 unspecified atom stereocenters. The van der Waals surface area contributed by atoms with Crippen molar-refractivity contribution in [2.24, 2.45) is 0 Å². The zero-order valence-corrected chi connectivity index (χ0v) is 20.0. The number of hydrogen-bond donors (Lipinski definition) is 0. The van der Waals surface area contributed by atoms with E-state index in [2.05, 4.69) is 125 Å². The van der Waals surface area contributed by atoms with Crippen molar-refractivity contribution in [3.05, 3.63) is 112 Å². The smallest absolute Gasteiger partial charge is 0.0520 e. The van der Waals surface area contributed by atoms with E-state index < -0.39 is 0 Å². The second kappa shape index (κ2) is 7.38. The van der Waals surface area contributed by atoms with Crippen molar-refractivity contribution in [3.63, 3.8) is 0 Å². The molecule has 0 radical (unpaired) electrons. The standard InChI is InChI=1S/C31H31N/c1-20-11-9-12-21(2)29(20)32(30-22(3)13-10-14-23(30)4)24-17-18-26-25-15-7-8-16-27(25)31(5,6)28(26)19-24/h7-19H,1-6H3. The topological polar surface area (TPSA) is 3.24 Å². The number of rotatable bonds is 3. The van der Waals surface area contributed by atoms with Crippen LogP contribution in [0, 0.1) is 27.7 Å². The molecule has 1 aliphatic rings. The van der Waals surface area contributed by atoms with E-state index in [0.717, 1.165) is 0 Å². The first kappa shape index (κ1) is 20.6. The van der Waals surface area contributed by atoms with Gasteiger partial charge in [-0.25, -0.2) is 0 Å². The summed E-state index contributed by atoms with van der Waals surface area (Å²) in [6, 6.07) is 29.1. The Morgan fingerprint density at radius 3 is 1.59 bits per heavy atom. The molecule has 0 atom stereocenters. The molecular weight excluding hydrogens is 386 g/mol. The molecule has 4 aromatic carbocycles. The predicted octanol–water partition coefficient (Wildman–Crippen LogP) is 8.70. The molecule has 0 aliphatic heterocycles. The maximum Gasteiger partial charge on any atom is 0.0520 e. The van der Waals surface area contributed by atoms with Gasteiger partial charge in [0.25, 0.3) is 0 Å². The Balaban J connectivity index is 1.79. The van der Waals surface area contributed by atoms with Crippen LogP contribution >= 0.6 is 0 Å². The van der Waals surface area contributed by atoms with Gasteiger partial charge in [-0.3, -0.25) is 0 Å². The lowest BCUT2D eigenvalue weighted by molar-refractivity contribution is 0.660. The van der Waals surface area contributed by atoms with Crippen LogP contribution in [-0.2, 0) is 5.41 Å². The fraction of sp³-hybridized carbons (Fsp3) is 0.226. The number of para-hydroxylation sites is 2. The lowest BCUT2D eigenvalue weighted by Crippen LogP contribution is -2.18. The molecule has 0 N–H and O–H groups in total. The first-order valence-corrected chi connectivity index (χ1v) is 11.5. The summed E-state index contributed by atoms with van der Waals surface area (Å²) in [5, 5.41) is 0. The molecular formula is C31H31N. The van der Waals surface area contributed by atoms with Crippen molar-refractivity contribution < 1.29 is 0 Å². The van der Waals surface area contributed by atoms with Crippen molar-refractivity contribution in [1.82, 2.24) is 0 Å². The van der Waals surface area contributed by atoms with Gasteiger partial charge < -0.3 is 4.90 Å². The summed E-state index contributed by atoms with van der Waals surface area (Å²) in [4.78, 5) is 2.48. The Labute approximate surface area is 192 Å². The van der Waals surface area contributed by atoms with E-state index in [0.29, 0.717) is 0 Å². The van der Waals surface area contributed by atoms with Gasteiger partial charge in [0, 0.05) is 11.1 Å².